The Hall–Kier alpha value is -6.19. The molecule has 0 radical (unpaired) electrons. The third-order valence-electron chi connectivity index (χ3n) is 11.6. The number of nitrogens with zero attached hydrogens (tertiary/aromatic N) is 2. The van der Waals surface area contributed by atoms with E-state index in [4.69, 9.17) is 9.47 Å². The first-order chi connectivity index (χ1) is 28.3. The van der Waals surface area contributed by atoms with Crippen LogP contribution < -0.4 is 24.6 Å². The second-order valence-electron chi connectivity index (χ2n) is 15.1. The maximum absolute atomic E-state index is 14.6. The van der Waals surface area contributed by atoms with Crippen LogP contribution in [0.5, 0.6) is 11.5 Å². The number of fused-ring (bicyclic) bond motifs is 1. The minimum atomic E-state index is -0.779. The molecule has 8 nitrogen and oxygen atoms in total. The number of benzene rings is 6. The molecule has 6 aromatic rings. The molecular formula is C49H42BrN3O5. The van der Waals surface area contributed by atoms with Gasteiger partial charge in [-0.3, -0.25) is 14.9 Å². The molecule has 290 valence electrons. The van der Waals surface area contributed by atoms with Crippen molar-refractivity contribution in [3.05, 3.63) is 170 Å². The molecule has 6 aromatic carbocycles. The van der Waals surface area contributed by atoms with Gasteiger partial charge in [-0.25, -0.2) is 9.69 Å². The van der Waals surface area contributed by atoms with Gasteiger partial charge in [0.25, 0.3) is 11.8 Å². The number of anilines is 2. The van der Waals surface area contributed by atoms with Crippen molar-refractivity contribution in [1.82, 2.24) is 5.32 Å². The second kappa shape index (κ2) is 15.6. The molecule has 0 unspecified atom stereocenters. The minimum absolute atomic E-state index is 0.0693. The van der Waals surface area contributed by atoms with Gasteiger partial charge in [0, 0.05) is 36.2 Å². The van der Waals surface area contributed by atoms with Gasteiger partial charge in [0.2, 0.25) is 0 Å². The normalized spacial score (nSPS) is 18.3. The molecule has 0 bridgehead atoms. The molecule has 3 aliphatic heterocycles. The molecule has 1 fully saturated rings. The fraction of sp³-hybridized carbons (Fsp3) is 0.204. The van der Waals surface area contributed by atoms with E-state index >= 15 is 0 Å². The second-order valence-corrected chi connectivity index (χ2v) is 15.9. The van der Waals surface area contributed by atoms with Gasteiger partial charge in [-0.15, -0.1) is 0 Å². The van der Waals surface area contributed by atoms with Crippen LogP contribution >= 0.6 is 15.9 Å². The Labute approximate surface area is 346 Å². The van der Waals surface area contributed by atoms with Crippen LogP contribution in [0.1, 0.15) is 70.5 Å². The number of nitrogens with one attached hydrogen (secondary N) is 1. The lowest BCUT2D eigenvalue weighted by atomic mass is 9.76. The van der Waals surface area contributed by atoms with E-state index in [1.807, 2.05) is 43.3 Å². The van der Waals surface area contributed by atoms with Crippen LogP contribution in [0, 0.1) is 6.92 Å². The summed E-state index contributed by atoms with van der Waals surface area (Å²) < 4.78 is 13.1. The molecular weight excluding hydrogens is 790 g/mol. The molecule has 9 heteroatoms. The molecule has 2 atom stereocenters. The largest absolute Gasteiger partial charge is 0.490 e. The van der Waals surface area contributed by atoms with Crippen molar-refractivity contribution in [2.75, 3.05) is 29.5 Å². The molecule has 4 amide bonds. The lowest BCUT2D eigenvalue weighted by Gasteiger charge is -2.44. The summed E-state index contributed by atoms with van der Waals surface area (Å²) in [7, 11) is 0. The molecule has 0 spiro atoms. The van der Waals surface area contributed by atoms with Crippen LogP contribution in [0.25, 0.3) is 16.8 Å². The maximum Gasteiger partial charge on any atom is 0.335 e. The van der Waals surface area contributed by atoms with Gasteiger partial charge < -0.3 is 14.4 Å². The number of carbonyl (C=O) groups is 3. The quantitative estimate of drug-likeness (QED) is 0.115. The number of urea groups is 1. The van der Waals surface area contributed by atoms with Crippen molar-refractivity contribution in [3.63, 3.8) is 0 Å². The zero-order chi connectivity index (χ0) is 39.9. The van der Waals surface area contributed by atoms with E-state index in [2.05, 4.69) is 106 Å². The topological polar surface area (TPSA) is 88.2 Å². The van der Waals surface area contributed by atoms with Crippen LogP contribution in [0.4, 0.5) is 16.2 Å². The Balaban J connectivity index is 1.09. The molecule has 1 saturated heterocycles. The number of aryl methyl sites for hydroxylation is 1. The molecule has 3 aliphatic rings. The Morgan fingerprint density at radius 1 is 0.776 bits per heavy atom. The minimum Gasteiger partial charge on any atom is -0.490 e. The van der Waals surface area contributed by atoms with Gasteiger partial charge in [-0.1, -0.05) is 97.1 Å². The first-order valence-corrected chi connectivity index (χ1v) is 20.6. The Kier molecular flexibility index (Phi) is 10.1. The number of halogens is 1. The first kappa shape index (κ1) is 37.4. The molecule has 58 heavy (non-hydrogen) atoms. The number of hydrogen-bond acceptors (Lipinski definition) is 6. The number of imide groups is 2. The predicted molar refractivity (Wildman–Crippen MR) is 232 cm³/mol. The molecule has 3 heterocycles. The van der Waals surface area contributed by atoms with Crippen molar-refractivity contribution < 1.29 is 23.9 Å². The van der Waals surface area contributed by atoms with Crippen molar-refractivity contribution in [3.8, 4) is 11.5 Å². The average molecular weight is 833 g/mol. The zero-order valence-corrected chi connectivity index (χ0v) is 33.9. The summed E-state index contributed by atoms with van der Waals surface area (Å²) in [6, 6.07) is 39.9. The van der Waals surface area contributed by atoms with Crippen LogP contribution in [-0.4, -0.2) is 37.5 Å². The van der Waals surface area contributed by atoms with Crippen LogP contribution in [-0.2, 0) is 16.2 Å². The van der Waals surface area contributed by atoms with Crippen LogP contribution in [0.15, 0.2) is 131 Å². The number of barbiturate groups is 1. The summed E-state index contributed by atoms with van der Waals surface area (Å²) in [4.78, 5) is 45.4. The van der Waals surface area contributed by atoms with Crippen molar-refractivity contribution >= 4 is 62.0 Å². The summed E-state index contributed by atoms with van der Waals surface area (Å²) in [5.41, 5.74) is 8.68. The Morgan fingerprint density at radius 2 is 1.41 bits per heavy atom. The van der Waals surface area contributed by atoms with Crippen LogP contribution in [0.3, 0.4) is 0 Å². The van der Waals surface area contributed by atoms with Gasteiger partial charge >= 0.3 is 6.03 Å². The van der Waals surface area contributed by atoms with Crippen molar-refractivity contribution in [1.29, 1.82) is 0 Å². The summed E-state index contributed by atoms with van der Waals surface area (Å²) in [5, 5.41) is 4.71. The van der Waals surface area contributed by atoms with E-state index in [9.17, 15) is 14.4 Å². The molecule has 9 rings (SSSR count). The number of amides is 4. The molecule has 1 N–H and O–H groups in total. The van der Waals surface area contributed by atoms with E-state index in [-0.39, 0.29) is 17.4 Å². The Morgan fingerprint density at radius 3 is 2.07 bits per heavy atom. The van der Waals surface area contributed by atoms with Gasteiger partial charge in [0.1, 0.15) is 12.2 Å². The van der Waals surface area contributed by atoms with E-state index in [0.717, 1.165) is 63.9 Å². The van der Waals surface area contributed by atoms with Gasteiger partial charge in [0.05, 0.1) is 16.8 Å². The zero-order valence-electron chi connectivity index (χ0n) is 32.3. The smallest absolute Gasteiger partial charge is 0.335 e. The van der Waals surface area contributed by atoms with E-state index < -0.39 is 17.8 Å². The SMILES string of the molecule is CCOc1cc(/C=C2\C(=O)NC(=O)N(c3cc4c5c(c3)[C@H](c3ccccc3)CCN5CC[C@@H]4c3ccccc3)C2=O)cc(Br)c1OCc1c(C)ccc2ccccc12. The lowest BCUT2D eigenvalue weighted by Crippen LogP contribution is -2.54. The van der Waals surface area contributed by atoms with E-state index in [1.165, 1.54) is 22.9 Å². The fourth-order valence-electron chi connectivity index (χ4n) is 8.88. The standard InChI is InChI=1S/C49H42BrN3O5/c1-3-57-44-26-31(25-43(50)46(44)58-29-42-30(2)18-19-34-16-10-11-17-36(34)42)24-41-47(54)51-49(56)53(48(41)55)35-27-39-37(32-12-6-4-7-13-32)20-22-52-23-21-38(40(28-35)45(39)52)33-14-8-5-9-15-33/h4-19,24-28,37-38H,3,20-23,29H2,1-2H3,(H,51,54,56)/b41-24+/t37-,38+. The first-order valence-electron chi connectivity index (χ1n) is 19.8. The number of rotatable bonds is 9. The number of hydrogen-bond donors (Lipinski definition) is 1. The fourth-order valence-corrected chi connectivity index (χ4v) is 9.46. The van der Waals surface area contributed by atoms with Gasteiger partial charge in [-0.2, -0.15) is 0 Å². The van der Waals surface area contributed by atoms with E-state index in [0.29, 0.717) is 40.4 Å². The third kappa shape index (κ3) is 6.83. The van der Waals surface area contributed by atoms with E-state index in [1.54, 1.807) is 12.1 Å². The Bertz CT molecular complexity index is 2550. The van der Waals surface area contributed by atoms with Crippen molar-refractivity contribution in [2.24, 2.45) is 0 Å². The van der Waals surface area contributed by atoms with Crippen molar-refractivity contribution in [2.45, 2.75) is 45.1 Å². The molecule has 0 aromatic heterocycles. The highest BCUT2D eigenvalue weighted by molar-refractivity contribution is 9.10. The molecule has 0 aliphatic carbocycles. The summed E-state index contributed by atoms with van der Waals surface area (Å²) in [6.45, 7) is 6.45. The van der Waals surface area contributed by atoms with Gasteiger partial charge in [-0.05, 0) is 117 Å². The highest BCUT2D eigenvalue weighted by Crippen LogP contribution is 2.50. The monoisotopic (exact) mass is 831 g/mol. The number of carbonyl (C=O) groups excluding carboxylic acids is 3. The highest BCUT2D eigenvalue weighted by Gasteiger charge is 2.40. The third-order valence-corrected chi connectivity index (χ3v) is 12.2. The predicted octanol–water partition coefficient (Wildman–Crippen LogP) is 10.4. The summed E-state index contributed by atoms with van der Waals surface area (Å²) in [6.07, 6.45) is 3.31. The highest BCUT2D eigenvalue weighted by atomic mass is 79.9. The summed E-state index contributed by atoms with van der Waals surface area (Å²) >= 11 is 3.69. The average Bonchev–Trinajstić information content (AvgIpc) is 3.23. The lowest BCUT2D eigenvalue weighted by molar-refractivity contribution is -0.122. The summed E-state index contributed by atoms with van der Waals surface area (Å²) in [5.74, 6) is -0.361. The number of ether oxygens (including phenoxy) is 2. The van der Waals surface area contributed by atoms with Gasteiger partial charge in [0.15, 0.2) is 11.5 Å². The van der Waals surface area contributed by atoms with Crippen LogP contribution in [0.2, 0.25) is 0 Å². The molecule has 0 saturated carbocycles. The maximum atomic E-state index is 14.6.